The van der Waals surface area contributed by atoms with Gasteiger partial charge in [-0.3, -0.25) is 14.8 Å². The molecule has 0 spiro atoms. The number of amides is 1. The molecule has 0 saturated carbocycles. The van der Waals surface area contributed by atoms with Crippen molar-refractivity contribution in [3.8, 4) is 35.2 Å². The first-order valence-corrected chi connectivity index (χ1v) is 18.2. The van der Waals surface area contributed by atoms with Crippen molar-refractivity contribution in [1.29, 1.82) is 0 Å². The monoisotopic (exact) mass is 714 g/mol. The topological polar surface area (TPSA) is 102 Å². The summed E-state index contributed by atoms with van der Waals surface area (Å²) in [6.45, 7) is 17.7. The minimum absolute atomic E-state index is 0.0119. The quantitative estimate of drug-likeness (QED) is 0.111. The average molecular weight is 715 g/mol. The Morgan fingerprint density at radius 2 is 1.77 bits per heavy atom. The highest BCUT2D eigenvalue weighted by molar-refractivity contribution is 6.03. The predicted octanol–water partition coefficient (Wildman–Crippen LogP) is 6.74. The lowest BCUT2D eigenvalue weighted by atomic mass is 9.92. The standard InChI is InChI=1S/C42H46N6O5/c1-8-28-10-9-11-29-14-33(52-25-50-7)16-34(36(28)29)30-15-35-37(43-19-30)38(46-22-31-12-13-32(23-46)48(31)40(49)53-41(4,5)6)45-39(44-35)51-24-42-17-26(2)20-47(42)21-27(3)18-42/h1,9-11,14-16,19,31-32H,2-3,12-13,17-18,20-25H2,4-7H3. The molecule has 53 heavy (non-hydrogen) atoms. The van der Waals surface area contributed by atoms with Crippen LogP contribution in [0, 0.1) is 12.3 Å². The molecule has 0 radical (unpaired) electrons. The molecular weight excluding hydrogens is 668 g/mol. The molecule has 2 atom stereocenters. The maximum Gasteiger partial charge on any atom is 0.410 e. The number of hydrogen-bond acceptors (Lipinski definition) is 10. The Bertz CT molecular complexity index is 2150. The fourth-order valence-electron chi connectivity index (χ4n) is 8.71. The lowest BCUT2D eigenvalue weighted by Gasteiger charge is -2.41. The first kappa shape index (κ1) is 34.9. The molecule has 11 nitrogen and oxygen atoms in total. The zero-order chi connectivity index (χ0) is 37.1. The van der Waals surface area contributed by atoms with Gasteiger partial charge in [0.05, 0.1) is 23.1 Å². The van der Waals surface area contributed by atoms with Crippen LogP contribution in [-0.4, -0.2) is 101 Å². The minimum Gasteiger partial charge on any atom is -0.468 e. The van der Waals surface area contributed by atoms with E-state index in [-0.39, 0.29) is 36.5 Å². The van der Waals surface area contributed by atoms with Crippen molar-refractivity contribution in [2.24, 2.45) is 0 Å². The van der Waals surface area contributed by atoms with Gasteiger partial charge in [0.1, 0.15) is 23.5 Å². The van der Waals surface area contributed by atoms with Gasteiger partial charge in [-0.1, -0.05) is 42.4 Å². The molecule has 2 aromatic carbocycles. The van der Waals surface area contributed by atoms with Crippen molar-refractivity contribution < 1.29 is 23.7 Å². The highest BCUT2D eigenvalue weighted by Crippen LogP contribution is 2.43. The highest BCUT2D eigenvalue weighted by atomic mass is 16.7. The second kappa shape index (κ2) is 13.3. The smallest absolute Gasteiger partial charge is 0.410 e. The maximum absolute atomic E-state index is 13.3. The van der Waals surface area contributed by atoms with E-state index < -0.39 is 5.60 Å². The summed E-state index contributed by atoms with van der Waals surface area (Å²) in [4.78, 5) is 35.0. The molecule has 8 rings (SSSR count). The Hall–Kier alpha value is -5.18. The molecule has 2 aromatic heterocycles. The molecule has 2 bridgehead atoms. The summed E-state index contributed by atoms with van der Waals surface area (Å²) in [6.07, 6.45) is 11.1. The fraction of sp³-hybridized carbons (Fsp3) is 0.429. The first-order valence-electron chi connectivity index (χ1n) is 18.2. The van der Waals surface area contributed by atoms with E-state index in [1.807, 2.05) is 68.3 Å². The normalized spacial score (nSPS) is 21.0. The van der Waals surface area contributed by atoms with E-state index in [4.69, 9.17) is 40.3 Å². The van der Waals surface area contributed by atoms with Crippen molar-refractivity contribution in [1.82, 2.24) is 24.8 Å². The highest BCUT2D eigenvalue weighted by Gasteiger charge is 2.48. The SMILES string of the molecule is C#Cc1cccc2cc(OCOC)cc(-c3cnc4c(N5CC6CCC(C5)N6C(=O)OC(C)(C)C)nc(OCC56CC(=C)CN5CC(=C)C6)nc4c3)c12. The summed E-state index contributed by atoms with van der Waals surface area (Å²) in [7, 11) is 1.59. The number of aromatic nitrogens is 3. The molecule has 1 amide bonds. The van der Waals surface area contributed by atoms with E-state index in [1.54, 1.807) is 7.11 Å². The van der Waals surface area contributed by atoms with E-state index in [9.17, 15) is 4.79 Å². The van der Waals surface area contributed by atoms with Crippen LogP contribution in [-0.2, 0) is 9.47 Å². The minimum atomic E-state index is -0.571. The lowest BCUT2D eigenvalue weighted by molar-refractivity contribution is 0.0122. The van der Waals surface area contributed by atoms with Crippen molar-refractivity contribution >= 4 is 33.7 Å². The summed E-state index contributed by atoms with van der Waals surface area (Å²) in [5, 5.41) is 1.86. The first-order chi connectivity index (χ1) is 25.4. The molecule has 11 heteroatoms. The molecule has 4 aromatic rings. The van der Waals surface area contributed by atoms with Crippen molar-refractivity contribution in [3.63, 3.8) is 0 Å². The number of hydrogen-bond donors (Lipinski definition) is 0. The summed E-state index contributed by atoms with van der Waals surface area (Å²) in [5.41, 5.74) is 5.36. The van der Waals surface area contributed by atoms with Gasteiger partial charge in [0.25, 0.3) is 0 Å². The van der Waals surface area contributed by atoms with E-state index >= 15 is 0 Å². The van der Waals surface area contributed by atoms with Gasteiger partial charge in [0.15, 0.2) is 12.6 Å². The Kier molecular flexibility index (Phi) is 8.78. The van der Waals surface area contributed by atoms with Crippen LogP contribution in [0.4, 0.5) is 10.6 Å². The summed E-state index contributed by atoms with van der Waals surface area (Å²) in [6, 6.07) is 12.1. The number of pyridine rings is 1. The molecule has 4 fully saturated rings. The van der Waals surface area contributed by atoms with Crippen LogP contribution in [0.25, 0.3) is 32.9 Å². The van der Waals surface area contributed by atoms with Crippen molar-refractivity contribution in [3.05, 3.63) is 72.5 Å². The third-order valence-electron chi connectivity index (χ3n) is 10.8. The summed E-state index contributed by atoms with van der Waals surface area (Å²) < 4.78 is 23.5. The number of carbonyl (C=O) groups excluding carboxylic acids is 1. The number of piperazine rings is 1. The van der Waals surface area contributed by atoms with Gasteiger partial charge in [0, 0.05) is 56.0 Å². The summed E-state index contributed by atoms with van der Waals surface area (Å²) in [5.74, 6) is 4.19. The van der Waals surface area contributed by atoms with E-state index in [1.165, 1.54) is 11.1 Å². The Morgan fingerprint density at radius 1 is 1.04 bits per heavy atom. The zero-order valence-corrected chi connectivity index (χ0v) is 31.0. The van der Waals surface area contributed by atoms with Gasteiger partial charge in [-0.2, -0.15) is 9.97 Å². The van der Waals surface area contributed by atoms with Gasteiger partial charge in [-0.05, 0) is 81.7 Å². The number of methoxy groups -OCH3 is 1. The fourth-order valence-corrected chi connectivity index (χ4v) is 8.71. The number of nitrogens with zero attached hydrogens (tertiary/aromatic N) is 6. The third kappa shape index (κ3) is 6.55. The number of fused-ring (bicyclic) bond motifs is 5. The van der Waals surface area contributed by atoms with Gasteiger partial charge in [-0.15, -0.1) is 6.42 Å². The molecule has 4 aliphatic rings. The van der Waals surface area contributed by atoms with E-state index in [2.05, 4.69) is 28.9 Å². The van der Waals surface area contributed by atoms with Crippen LogP contribution < -0.4 is 14.4 Å². The molecule has 0 N–H and O–H groups in total. The number of carbonyl (C=O) groups is 1. The molecule has 4 saturated heterocycles. The van der Waals surface area contributed by atoms with Crippen LogP contribution in [0.1, 0.15) is 52.0 Å². The van der Waals surface area contributed by atoms with Crippen LogP contribution in [0.5, 0.6) is 11.8 Å². The second-order valence-electron chi connectivity index (χ2n) is 15.9. The van der Waals surface area contributed by atoms with Gasteiger partial charge >= 0.3 is 12.1 Å². The van der Waals surface area contributed by atoms with Crippen molar-refractivity contribution in [2.45, 2.75) is 69.7 Å². The van der Waals surface area contributed by atoms with E-state index in [0.29, 0.717) is 42.3 Å². The maximum atomic E-state index is 13.3. The van der Waals surface area contributed by atoms with Crippen LogP contribution >= 0.6 is 0 Å². The van der Waals surface area contributed by atoms with Crippen LogP contribution in [0.2, 0.25) is 0 Å². The Morgan fingerprint density at radius 3 is 2.45 bits per heavy atom. The van der Waals surface area contributed by atoms with Gasteiger partial charge in [-0.25, -0.2) is 4.79 Å². The summed E-state index contributed by atoms with van der Waals surface area (Å²) >= 11 is 0. The van der Waals surface area contributed by atoms with Crippen LogP contribution in [0.3, 0.4) is 0 Å². The third-order valence-corrected chi connectivity index (χ3v) is 10.8. The van der Waals surface area contributed by atoms with Gasteiger partial charge in [0.2, 0.25) is 0 Å². The molecule has 0 aliphatic carbocycles. The predicted molar refractivity (Wildman–Crippen MR) is 205 cm³/mol. The molecule has 274 valence electrons. The van der Waals surface area contributed by atoms with Crippen LogP contribution in [0.15, 0.2) is 66.9 Å². The number of ether oxygens (including phenoxy) is 4. The molecule has 4 aliphatic heterocycles. The molecular formula is C42H46N6O5. The molecule has 2 unspecified atom stereocenters. The molecule has 6 heterocycles. The number of benzene rings is 2. The zero-order valence-electron chi connectivity index (χ0n) is 31.0. The van der Waals surface area contributed by atoms with Gasteiger partial charge < -0.3 is 23.8 Å². The largest absolute Gasteiger partial charge is 0.468 e. The van der Waals surface area contributed by atoms with E-state index in [0.717, 1.165) is 66.2 Å². The number of terminal acetylenes is 1. The number of rotatable bonds is 8. The van der Waals surface area contributed by atoms with Crippen molar-refractivity contribution in [2.75, 3.05) is 51.6 Å². The Labute approximate surface area is 310 Å². The lowest BCUT2D eigenvalue weighted by Crippen LogP contribution is -2.57. The average Bonchev–Trinajstić information content (AvgIpc) is 3.69. The Balaban J connectivity index is 1.21. The second-order valence-corrected chi connectivity index (χ2v) is 15.9. The number of anilines is 1.